The molecule has 0 aliphatic rings. The van der Waals surface area contributed by atoms with Crippen LogP contribution in [0.1, 0.15) is 17.7 Å². The molecule has 26 heavy (non-hydrogen) atoms. The van der Waals surface area contributed by atoms with Crippen LogP contribution in [0.4, 0.5) is 0 Å². The van der Waals surface area contributed by atoms with Gasteiger partial charge in [0.25, 0.3) is 5.56 Å². The van der Waals surface area contributed by atoms with Gasteiger partial charge in [0.05, 0.1) is 5.39 Å². The second kappa shape index (κ2) is 7.09. The van der Waals surface area contributed by atoms with Crippen LogP contribution in [0.3, 0.4) is 0 Å². The maximum atomic E-state index is 13.0. The number of hydrogen-bond donors (Lipinski definition) is 0. The fourth-order valence-electron chi connectivity index (χ4n) is 2.94. The number of fused-ring (bicyclic) bond motifs is 1. The van der Waals surface area contributed by atoms with Gasteiger partial charge in [0.1, 0.15) is 4.83 Å². The first-order valence-corrected chi connectivity index (χ1v) is 10.2. The first-order valence-electron chi connectivity index (χ1n) is 8.40. The molecule has 2 heterocycles. The Morgan fingerprint density at radius 2 is 1.69 bits per heavy atom. The molecule has 1 atom stereocenters. The Kier molecular flexibility index (Phi) is 4.66. The van der Waals surface area contributed by atoms with Crippen molar-refractivity contribution in [2.45, 2.75) is 17.3 Å². The Balaban J connectivity index is 1.77. The third-order valence-electron chi connectivity index (χ3n) is 4.41. The van der Waals surface area contributed by atoms with Crippen molar-refractivity contribution in [3.63, 3.8) is 0 Å². The quantitative estimate of drug-likeness (QED) is 0.347. The van der Waals surface area contributed by atoms with Gasteiger partial charge in [0.15, 0.2) is 5.16 Å². The Bertz CT molecular complexity index is 1100. The molecule has 0 amide bonds. The molecule has 5 heteroatoms. The molecule has 4 rings (SSSR count). The van der Waals surface area contributed by atoms with Crippen molar-refractivity contribution in [2.24, 2.45) is 7.05 Å². The molecule has 0 spiro atoms. The maximum absolute atomic E-state index is 13.0. The monoisotopic (exact) mass is 378 g/mol. The van der Waals surface area contributed by atoms with Gasteiger partial charge in [-0.1, -0.05) is 72.4 Å². The van der Waals surface area contributed by atoms with E-state index in [2.05, 4.69) is 19.1 Å². The normalized spacial score (nSPS) is 12.4. The Morgan fingerprint density at radius 3 is 2.38 bits per heavy atom. The lowest BCUT2D eigenvalue weighted by Gasteiger charge is -2.13. The summed E-state index contributed by atoms with van der Waals surface area (Å²) in [5, 5.41) is 3.71. The zero-order valence-corrected chi connectivity index (χ0v) is 16.2. The minimum atomic E-state index is 0.0119. The fraction of sp³-hybridized carbons (Fsp3) is 0.143. The van der Waals surface area contributed by atoms with Crippen molar-refractivity contribution < 1.29 is 0 Å². The summed E-state index contributed by atoms with van der Waals surface area (Å²) >= 11 is 3.15. The van der Waals surface area contributed by atoms with Gasteiger partial charge in [-0.3, -0.25) is 9.36 Å². The summed E-state index contributed by atoms with van der Waals surface area (Å²) in [6.07, 6.45) is 0. The first kappa shape index (κ1) is 17.1. The SMILES string of the molecule is C[C@H](Sc1nc2scc(-c3ccccc3)c2c(=O)n1C)c1ccccc1. The molecular formula is C21H18N2OS2. The van der Waals surface area contributed by atoms with Gasteiger partial charge in [-0.2, -0.15) is 0 Å². The number of hydrogen-bond acceptors (Lipinski definition) is 4. The highest BCUT2D eigenvalue weighted by Gasteiger charge is 2.17. The van der Waals surface area contributed by atoms with Crippen molar-refractivity contribution in [1.82, 2.24) is 9.55 Å². The average molecular weight is 379 g/mol. The highest BCUT2D eigenvalue weighted by Crippen LogP contribution is 2.36. The zero-order chi connectivity index (χ0) is 18.1. The maximum Gasteiger partial charge on any atom is 0.263 e. The van der Waals surface area contributed by atoms with Gasteiger partial charge in [-0.05, 0) is 18.1 Å². The van der Waals surface area contributed by atoms with Gasteiger partial charge in [-0.25, -0.2) is 4.98 Å². The number of nitrogens with zero attached hydrogens (tertiary/aromatic N) is 2. The predicted octanol–water partition coefficient (Wildman–Crippen LogP) is 5.52. The van der Waals surface area contributed by atoms with E-state index in [9.17, 15) is 4.79 Å². The topological polar surface area (TPSA) is 34.9 Å². The third-order valence-corrected chi connectivity index (χ3v) is 6.48. The second-order valence-electron chi connectivity index (χ2n) is 6.12. The molecule has 0 saturated heterocycles. The van der Waals surface area contributed by atoms with Crippen LogP contribution in [-0.4, -0.2) is 9.55 Å². The van der Waals surface area contributed by atoms with Crippen LogP contribution >= 0.6 is 23.1 Å². The molecular weight excluding hydrogens is 360 g/mol. The summed E-state index contributed by atoms with van der Waals surface area (Å²) < 4.78 is 1.67. The molecule has 130 valence electrons. The zero-order valence-electron chi connectivity index (χ0n) is 14.5. The molecule has 0 fully saturated rings. The molecule has 3 nitrogen and oxygen atoms in total. The number of thiophene rings is 1. The van der Waals surface area contributed by atoms with Gasteiger partial charge in [-0.15, -0.1) is 11.3 Å². The molecule has 0 bridgehead atoms. The van der Waals surface area contributed by atoms with E-state index in [-0.39, 0.29) is 10.8 Å². The third kappa shape index (κ3) is 3.08. The predicted molar refractivity (Wildman–Crippen MR) is 111 cm³/mol. The molecule has 0 saturated carbocycles. The van der Waals surface area contributed by atoms with E-state index in [0.717, 1.165) is 21.1 Å². The van der Waals surface area contributed by atoms with Crippen LogP contribution in [0.25, 0.3) is 21.3 Å². The number of thioether (sulfide) groups is 1. The fourth-order valence-corrected chi connectivity index (χ4v) is 4.93. The average Bonchev–Trinajstić information content (AvgIpc) is 3.11. The minimum Gasteiger partial charge on any atom is -0.290 e. The lowest BCUT2D eigenvalue weighted by atomic mass is 10.1. The molecule has 4 aromatic rings. The standard InChI is InChI=1S/C21H18N2OS2/c1-14(15-9-5-3-6-10-15)26-21-22-19-18(20(24)23(21)2)17(13-25-19)16-11-7-4-8-12-16/h3-14H,1-2H3/t14-/m0/s1. The lowest BCUT2D eigenvalue weighted by Crippen LogP contribution is -2.20. The summed E-state index contributed by atoms with van der Waals surface area (Å²) in [7, 11) is 1.81. The lowest BCUT2D eigenvalue weighted by molar-refractivity contribution is 0.725. The molecule has 0 aliphatic carbocycles. The molecule has 2 aromatic heterocycles. The van der Waals surface area contributed by atoms with E-state index in [1.54, 1.807) is 23.4 Å². The molecule has 0 radical (unpaired) electrons. The molecule has 2 aromatic carbocycles. The summed E-state index contributed by atoms with van der Waals surface area (Å²) in [6.45, 7) is 2.14. The highest BCUT2D eigenvalue weighted by molar-refractivity contribution is 7.99. The van der Waals surface area contributed by atoms with Crippen LogP contribution in [0.2, 0.25) is 0 Å². The van der Waals surface area contributed by atoms with Gasteiger partial charge in [0, 0.05) is 23.2 Å². The Hall–Kier alpha value is -2.37. The summed E-state index contributed by atoms with van der Waals surface area (Å²) in [5.41, 5.74) is 3.25. The molecule has 0 aliphatic heterocycles. The van der Waals surface area contributed by atoms with E-state index in [4.69, 9.17) is 4.98 Å². The van der Waals surface area contributed by atoms with E-state index >= 15 is 0 Å². The molecule has 0 unspecified atom stereocenters. The van der Waals surface area contributed by atoms with Crippen molar-refractivity contribution >= 4 is 33.3 Å². The number of aromatic nitrogens is 2. The van der Waals surface area contributed by atoms with E-state index in [0.29, 0.717) is 5.39 Å². The highest BCUT2D eigenvalue weighted by atomic mass is 32.2. The van der Waals surface area contributed by atoms with Crippen molar-refractivity contribution in [3.8, 4) is 11.1 Å². The minimum absolute atomic E-state index is 0.0119. The summed E-state index contributed by atoms with van der Waals surface area (Å²) in [6, 6.07) is 20.3. The van der Waals surface area contributed by atoms with Crippen molar-refractivity contribution in [1.29, 1.82) is 0 Å². The van der Waals surface area contributed by atoms with Gasteiger partial charge < -0.3 is 0 Å². The number of rotatable bonds is 4. The van der Waals surface area contributed by atoms with Gasteiger partial charge in [0.2, 0.25) is 0 Å². The van der Waals surface area contributed by atoms with Crippen LogP contribution < -0.4 is 5.56 Å². The van der Waals surface area contributed by atoms with Crippen molar-refractivity contribution in [2.75, 3.05) is 0 Å². The van der Waals surface area contributed by atoms with Crippen LogP contribution in [0.15, 0.2) is 76.0 Å². The largest absolute Gasteiger partial charge is 0.290 e. The van der Waals surface area contributed by atoms with E-state index in [1.807, 2.05) is 53.9 Å². The Labute approximate surface area is 160 Å². The smallest absolute Gasteiger partial charge is 0.263 e. The molecule has 0 N–H and O–H groups in total. The summed E-state index contributed by atoms with van der Waals surface area (Å²) in [5.74, 6) is 0. The van der Waals surface area contributed by atoms with Gasteiger partial charge >= 0.3 is 0 Å². The van der Waals surface area contributed by atoms with E-state index in [1.165, 1.54) is 16.9 Å². The second-order valence-corrected chi connectivity index (χ2v) is 8.29. The number of benzene rings is 2. The van der Waals surface area contributed by atoms with Crippen LogP contribution in [-0.2, 0) is 7.05 Å². The van der Waals surface area contributed by atoms with E-state index < -0.39 is 0 Å². The van der Waals surface area contributed by atoms with Crippen LogP contribution in [0, 0.1) is 0 Å². The van der Waals surface area contributed by atoms with Crippen LogP contribution in [0.5, 0.6) is 0 Å². The summed E-state index contributed by atoms with van der Waals surface area (Å²) in [4.78, 5) is 18.6. The first-order chi connectivity index (χ1) is 12.6. The Morgan fingerprint density at radius 1 is 1.04 bits per heavy atom. The van der Waals surface area contributed by atoms with Crippen molar-refractivity contribution in [3.05, 3.63) is 82.0 Å².